The Kier molecular flexibility index (Phi) is 3.81. The summed E-state index contributed by atoms with van der Waals surface area (Å²) in [4.78, 5) is 14.1. The molecule has 0 aromatic heterocycles. The standard InChI is InChI=1S/C16H26ClNO/c1-18(15(19)3-2-4-17)11-16-8-12-5-13(9-16)7-14(6-12)10-16/h12-14H,2-11H2,1H3. The Labute approximate surface area is 121 Å². The van der Waals surface area contributed by atoms with Crippen molar-refractivity contribution in [1.29, 1.82) is 0 Å². The Morgan fingerprint density at radius 1 is 1.16 bits per heavy atom. The van der Waals surface area contributed by atoms with Crippen molar-refractivity contribution in [3.63, 3.8) is 0 Å². The summed E-state index contributed by atoms with van der Waals surface area (Å²) in [7, 11) is 2.00. The predicted molar refractivity (Wildman–Crippen MR) is 78.2 cm³/mol. The summed E-state index contributed by atoms with van der Waals surface area (Å²) in [5, 5.41) is 0. The van der Waals surface area contributed by atoms with E-state index in [1.54, 1.807) is 0 Å². The highest BCUT2D eigenvalue weighted by atomic mass is 35.5. The highest BCUT2D eigenvalue weighted by Crippen LogP contribution is 2.60. The monoisotopic (exact) mass is 283 g/mol. The van der Waals surface area contributed by atoms with Gasteiger partial charge in [-0.2, -0.15) is 0 Å². The molecule has 0 heterocycles. The molecule has 19 heavy (non-hydrogen) atoms. The molecule has 2 nitrogen and oxygen atoms in total. The van der Waals surface area contributed by atoms with Crippen molar-refractivity contribution in [2.45, 2.75) is 51.4 Å². The van der Waals surface area contributed by atoms with Crippen LogP contribution >= 0.6 is 11.6 Å². The number of carbonyl (C=O) groups excluding carboxylic acids is 1. The fourth-order valence-electron chi connectivity index (χ4n) is 5.48. The summed E-state index contributed by atoms with van der Waals surface area (Å²) < 4.78 is 0. The average Bonchev–Trinajstić information content (AvgIpc) is 2.33. The third kappa shape index (κ3) is 2.79. The lowest BCUT2D eigenvalue weighted by Gasteiger charge is -2.57. The van der Waals surface area contributed by atoms with Crippen LogP contribution in [0.15, 0.2) is 0 Å². The SMILES string of the molecule is CN(CC12CC3CC(CC(C3)C1)C2)C(=O)CCCCl. The fraction of sp³-hybridized carbons (Fsp3) is 0.938. The third-order valence-corrected chi connectivity index (χ3v) is 5.95. The molecular weight excluding hydrogens is 258 g/mol. The number of alkyl halides is 1. The Morgan fingerprint density at radius 3 is 2.16 bits per heavy atom. The molecule has 3 heteroatoms. The maximum Gasteiger partial charge on any atom is 0.222 e. The van der Waals surface area contributed by atoms with Gasteiger partial charge in [0.05, 0.1) is 0 Å². The van der Waals surface area contributed by atoms with Gasteiger partial charge in [0.15, 0.2) is 0 Å². The summed E-state index contributed by atoms with van der Waals surface area (Å²) in [6.07, 6.45) is 10.00. The zero-order valence-corrected chi connectivity index (χ0v) is 12.8. The van der Waals surface area contributed by atoms with Crippen LogP contribution in [0.1, 0.15) is 51.4 Å². The molecule has 0 aromatic carbocycles. The quantitative estimate of drug-likeness (QED) is 0.705. The van der Waals surface area contributed by atoms with Crippen LogP contribution in [0.2, 0.25) is 0 Å². The maximum atomic E-state index is 12.1. The molecule has 0 radical (unpaired) electrons. The number of carbonyl (C=O) groups is 1. The van der Waals surface area contributed by atoms with Crippen LogP contribution in [0, 0.1) is 23.2 Å². The first kappa shape index (κ1) is 13.7. The molecule has 0 aromatic rings. The smallest absolute Gasteiger partial charge is 0.222 e. The van der Waals surface area contributed by atoms with Gasteiger partial charge in [-0.1, -0.05) is 0 Å². The molecule has 0 saturated heterocycles. The Balaban J connectivity index is 1.61. The Hall–Kier alpha value is -0.240. The fourth-order valence-corrected chi connectivity index (χ4v) is 5.62. The molecule has 4 aliphatic rings. The molecule has 0 unspecified atom stereocenters. The van der Waals surface area contributed by atoms with E-state index < -0.39 is 0 Å². The van der Waals surface area contributed by atoms with Crippen LogP contribution in [0.4, 0.5) is 0 Å². The normalized spacial score (nSPS) is 39.6. The van der Waals surface area contributed by atoms with Crippen LogP contribution in [-0.2, 0) is 4.79 Å². The van der Waals surface area contributed by atoms with Crippen LogP contribution < -0.4 is 0 Å². The van der Waals surface area contributed by atoms with Crippen molar-refractivity contribution in [3.8, 4) is 0 Å². The molecule has 4 saturated carbocycles. The maximum absolute atomic E-state index is 12.1. The first-order valence-corrected chi connectivity index (χ1v) is 8.43. The molecular formula is C16H26ClNO. The van der Waals surface area contributed by atoms with Crippen molar-refractivity contribution in [2.24, 2.45) is 23.2 Å². The number of hydrogen-bond donors (Lipinski definition) is 0. The summed E-state index contributed by atoms with van der Waals surface area (Å²) in [5.41, 5.74) is 0.472. The number of rotatable bonds is 5. The van der Waals surface area contributed by atoms with Crippen molar-refractivity contribution in [1.82, 2.24) is 4.90 Å². The molecule has 0 N–H and O–H groups in total. The molecule has 1 amide bonds. The van der Waals surface area contributed by atoms with Gasteiger partial charge in [-0.15, -0.1) is 11.6 Å². The Morgan fingerprint density at radius 2 is 1.68 bits per heavy atom. The van der Waals surface area contributed by atoms with E-state index in [-0.39, 0.29) is 5.91 Å². The first-order valence-electron chi connectivity index (χ1n) is 7.90. The third-order valence-electron chi connectivity index (χ3n) is 5.69. The second kappa shape index (κ2) is 5.27. The average molecular weight is 284 g/mol. The summed E-state index contributed by atoms with van der Waals surface area (Å²) in [5.74, 6) is 3.79. The van der Waals surface area contributed by atoms with Gasteiger partial charge in [0.25, 0.3) is 0 Å². The van der Waals surface area contributed by atoms with Gasteiger partial charge in [0.1, 0.15) is 0 Å². The van der Waals surface area contributed by atoms with E-state index in [0.29, 0.717) is 17.7 Å². The molecule has 0 atom stereocenters. The predicted octanol–water partition coefficient (Wildman–Crippen LogP) is 3.68. The second-order valence-electron chi connectivity index (χ2n) is 7.46. The van der Waals surface area contributed by atoms with E-state index in [0.717, 1.165) is 30.7 Å². The van der Waals surface area contributed by atoms with Gasteiger partial charge >= 0.3 is 0 Å². The summed E-state index contributed by atoms with van der Waals surface area (Å²) >= 11 is 5.68. The Bertz CT molecular complexity index is 319. The minimum atomic E-state index is 0.288. The van der Waals surface area contributed by atoms with Crippen molar-refractivity contribution in [2.75, 3.05) is 19.5 Å². The topological polar surface area (TPSA) is 20.3 Å². The van der Waals surface area contributed by atoms with Gasteiger partial charge in [-0.25, -0.2) is 0 Å². The second-order valence-corrected chi connectivity index (χ2v) is 7.84. The lowest BCUT2D eigenvalue weighted by Crippen LogP contribution is -2.51. The van der Waals surface area contributed by atoms with Crippen molar-refractivity contribution in [3.05, 3.63) is 0 Å². The molecule has 108 valence electrons. The van der Waals surface area contributed by atoms with E-state index in [9.17, 15) is 4.79 Å². The number of amides is 1. The zero-order chi connectivity index (χ0) is 13.5. The highest BCUT2D eigenvalue weighted by Gasteiger charge is 2.51. The number of halogens is 1. The van der Waals surface area contributed by atoms with E-state index in [2.05, 4.69) is 0 Å². The van der Waals surface area contributed by atoms with E-state index in [1.807, 2.05) is 11.9 Å². The largest absolute Gasteiger partial charge is 0.345 e. The molecule has 0 aliphatic heterocycles. The van der Waals surface area contributed by atoms with Gasteiger partial charge in [0.2, 0.25) is 5.91 Å². The molecule has 4 rings (SSSR count). The van der Waals surface area contributed by atoms with Gasteiger partial charge < -0.3 is 4.90 Å². The first-order chi connectivity index (χ1) is 9.10. The molecule has 4 aliphatic carbocycles. The van der Waals surface area contributed by atoms with Gasteiger partial charge in [0, 0.05) is 25.9 Å². The van der Waals surface area contributed by atoms with Crippen LogP contribution in [0.3, 0.4) is 0 Å². The summed E-state index contributed by atoms with van der Waals surface area (Å²) in [6, 6.07) is 0. The van der Waals surface area contributed by atoms with Crippen molar-refractivity contribution >= 4 is 17.5 Å². The van der Waals surface area contributed by atoms with E-state index in [4.69, 9.17) is 11.6 Å². The minimum Gasteiger partial charge on any atom is -0.345 e. The van der Waals surface area contributed by atoms with E-state index >= 15 is 0 Å². The number of hydrogen-bond acceptors (Lipinski definition) is 1. The zero-order valence-electron chi connectivity index (χ0n) is 12.0. The molecule has 0 spiro atoms. The molecule has 4 fully saturated rings. The van der Waals surface area contributed by atoms with Gasteiger partial charge in [-0.3, -0.25) is 4.79 Å². The lowest BCUT2D eigenvalue weighted by molar-refractivity contribution is -0.135. The van der Waals surface area contributed by atoms with Crippen LogP contribution in [-0.4, -0.2) is 30.3 Å². The highest BCUT2D eigenvalue weighted by molar-refractivity contribution is 6.17. The minimum absolute atomic E-state index is 0.288. The van der Waals surface area contributed by atoms with Crippen molar-refractivity contribution < 1.29 is 4.79 Å². The summed E-state index contributed by atoms with van der Waals surface area (Å²) in [6.45, 7) is 0.998. The van der Waals surface area contributed by atoms with E-state index in [1.165, 1.54) is 38.5 Å². The number of nitrogens with zero attached hydrogens (tertiary/aromatic N) is 1. The van der Waals surface area contributed by atoms with Crippen LogP contribution in [0.5, 0.6) is 0 Å². The lowest BCUT2D eigenvalue weighted by atomic mass is 9.49. The van der Waals surface area contributed by atoms with Gasteiger partial charge in [-0.05, 0) is 68.1 Å². The van der Waals surface area contributed by atoms with Crippen LogP contribution in [0.25, 0.3) is 0 Å². The molecule has 4 bridgehead atoms.